The smallest absolute Gasteiger partial charge is 0.302 e. The van der Waals surface area contributed by atoms with E-state index in [0.717, 1.165) is 0 Å². The zero-order valence-electron chi connectivity index (χ0n) is 24.2. The van der Waals surface area contributed by atoms with Crippen molar-refractivity contribution < 1.29 is 52.5 Å². The topological polar surface area (TPSA) is 223 Å². The lowest BCUT2D eigenvalue weighted by Gasteiger charge is -2.09. The van der Waals surface area contributed by atoms with Crippen LogP contribution in [0.5, 0.6) is 0 Å². The first kappa shape index (κ1) is 39.0. The molecule has 0 spiro atoms. The molecule has 0 aliphatic heterocycles. The molecule has 0 aromatic carbocycles. The Hall–Kier alpha value is -2.99. The summed E-state index contributed by atoms with van der Waals surface area (Å²) in [7, 11) is 0. The Labute approximate surface area is 250 Å². The molecule has 0 aromatic rings. The number of hydrogen-bond acceptors (Lipinski definition) is 12. The van der Waals surface area contributed by atoms with Gasteiger partial charge >= 0.3 is 5.97 Å². The Morgan fingerprint density at radius 1 is 0.595 bits per heavy atom. The normalized spacial score (nSPS) is 10.5. The molecule has 242 valence electrons. The maximum absolute atomic E-state index is 11.8. The first-order valence-electron chi connectivity index (χ1n) is 13.6. The summed E-state index contributed by atoms with van der Waals surface area (Å²) in [6, 6.07) is 0. The fourth-order valence-corrected chi connectivity index (χ4v) is 3.46. The molecule has 0 heterocycles. The number of carbonyl (C=O) groups is 6. The van der Waals surface area contributed by atoms with E-state index in [2.05, 4.69) is 21.3 Å². The molecule has 42 heavy (non-hydrogen) atoms. The molecule has 0 rings (SSSR count). The Balaban J connectivity index is 3.41. The van der Waals surface area contributed by atoms with Crippen LogP contribution in [-0.4, -0.2) is 133 Å². The van der Waals surface area contributed by atoms with Gasteiger partial charge in [-0.25, -0.2) is 0 Å². The highest BCUT2D eigenvalue weighted by Gasteiger charge is 2.08. The van der Waals surface area contributed by atoms with E-state index in [9.17, 15) is 28.8 Å². The zero-order chi connectivity index (χ0) is 31.3. The van der Waals surface area contributed by atoms with Gasteiger partial charge in [0.25, 0.3) is 0 Å². The second kappa shape index (κ2) is 28.1. The lowest BCUT2D eigenvalue weighted by molar-refractivity contribution is -0.140. The van der Waals surface area contributed by atoms with Gasteiger partial charge in [-0.1, -0.05) is 0 Å². The molecule has 0 aliphatic rings. The van der Waals surface area contributed by atoms with Crippen molar-refractivity contribution in [2.75, 3.05) is 97.1 Å². The van der Waals surface area contributed by atoms with Crippen molar-refractivity contribution in [2.24, 2.45) is 5.73 Å². The molecular formula is C25H45N5O11S. The summed E-state index contributed by atoms with van der Waals surface area (Å²) >= 11 is 1.46. The van der Waals surface area contributed by atoms with Gasteiger partial charge in [-0.05, 0) is 12.8 Å². The van der Waals surface area contributed by atoms with Crippen LogP contribution in [0.4, 0.5) is 0 Å². The van der Waals surface area contributed by atoms with Crippen molar-refractivity contribution in [3.05, 3.63) is 0 Å². The van der Waals surface area contributed by atoms with Gasteiger partial charge in [-0.3, -0.25) is 28.8 Å². The molecule has 17 heteroatoms. The fourth-order valence-electron chi connectivity index (χ4n) is 2.72. The zero-order valence-corrected chi connectivity index (χ0v) is 25.0. The quantitative estimate of drug-likeness (QED) is 0.0450. The fraction of sp³-hybridized carbons (Fsp3) is 0.760. The number of amides is 5. The van der Waals surface area contributed by atoms with E-state index in [1.54, 1.807) is 0 Å². The molecule has 0 radical (unpaired) electrons. The third-order valence-corrected chi connectivity index (χ3v) is 5.64. The van der Waals surface area contributed by atoms with Gasteiger partial charge in [0.05, 0.1) is 39.5 Å². The Morgan fingerprint density at radius 2 is 1.12 bits per heavy atom. The van der Waals surface area contributed by atoms with E-state index in [1.807, 2.05) is 0 Å². The molecular weight excluding hydrogens is 578 g/mol. The van der Waals surface area contributed by atoms with Crippen molar-refractivity contribution >= 4 is 47.3 Å². The van der Waals surface area contributed by atoms with Crippen LogP contribution >= 0.6 is 11.8 Å². The maximum atomic E-state index is 11.8. The minimum absolute atomic E-state index is 0.195. The maximum Gasteiger partial charge on any atom is 0.302 e. The van der Waals surface area contributed by atoms with Crippen LogP contribution in [0.2, 0.25) is 0 Å². The van der Waals surface area contributed by atoms with Crippen LogP contribution < -0.4 is 27.0 Å². The van der Waals surface area contributed by atoms with Crippen molar-refractivity contribution in [3.8, 4) is 0 Å². The third kappa shape index (κ3) is 30.0. The third-order valence-electron chi connectivity index (χ3n) is 4.70. The standard InChI is InChI=1S/C25H45N5O11S/c1-20(31)41-13-15-42-14-4-22(33)29-17-24(35)30-16-23(34)27-5-2-7-37-9-11-39-12-10-38-8-3-6-28-25(36)19-40-18-21(26)32/h2-19H2,1H3,(H2,26,32)(H,27,34)(H,28,36)(H,29,33)(H,30,35). The molecule has 0 fully saturated rings. The Morgan fingerprint density at radius 3 is 1.69 bits per heavy atom. The van der Waals surface area contributed by atoms with Gasteiger partial charge in [0.15, 0.2) is 0 Å². The first-order chi connectivity index (χ1) is 20.2. The SMILES string of the molecule is CC(=O)OCCSCCC(=O)NCC(=O)NCC(=O)NCCCOCCOCCOCCCNC(=O)COCC(N)=O. The van der Waals surface area contributed by atoms with Crippen LogP contribution in [0, 0.1) is 0 Å². The number of esters is 1. The number of rotatable bonds is 28. The second-order valence-electron chi connectivity index (χ2n) is 8.46. The van der Waals surface area contributed by atoms with Gasteiger partial charge in [-0.15, -0.1) is 0 Å². The molecule has 0 unspecified atom stereocenters. The Kier molecular flexibility index (Phi) is 26.1. The summed E-state index contributed by atoms with van der Waals surface area (Å²) < 4.78 is 25.8. The van der Waals surface area contributed by atoms with Gasteiger partial charge in [0.2, 0.25) is 29.5 Å². The minimum Gasteiger partial charge on any atom is -0.465 e. The predicted octanol–water partition coefficient (Wildman–Crippen LogP) is -2.53. The molecule has 0 bridgehead atoms. The van der Waals surface area contributed by atoms with E-state index in [0.29, 0.717) is 83.7 Å². The van der Waals surface area contributed by atoms with Crippen molar-refractivity contribution in [2.45, 2.75) is 26.2 Å². The lowest BCUT2D eigenvalue weighted by Crippen LogP contribution is -2.42. The van der Waals surface area contributed by atoms with Gasteiger partial charge in [0, 0.05) is 51.2 Å². The number of nitrogens with two attached hydrogens (primary N) is 1. The first-order valence-corrected chi connectivity index (χ1v) is 14.7. The average Bonchev–Trinajstić information content (AvgIpc) is 2.94. The van der Waals surface area contributed by atoms with Crippen LogP contribution in [0.1, 0.15) is 26.2 Å². The summed E-state index contributed by atoms with van der Waals surface area (Å²) in [6.45, 7) is 3.99. The monoisotopic (exact) mass is 623 g/mol. The summed E-state index contributed by atoms with van der Waals surface area (Å²) in [6.07, 6.45) is 1.44. The van der Waals surface area contributed by atoms with E-state index in [1.165, 1.54) is 18.7 Å². The number of hydrogen-bond donors (Lipinski definition) is 5. The summed E-state index contributed by atoms with van der Waals surface area (Å²) in [5.41, 5.74) is 4.90. The van der Waals surface area contributed by atoms with Crippen LogP contribution in [-0.2, 0) is 52.5 Å². The number of thioether (sulfide) groups is 1. The van der Waals surface area contributed by atoms with Crippen molar-refractivity contribution in [1.29, 1.82) is 0 Å². The number of ether oxygens (including phenoxy) is 5. The molecule has 0 saturated heterocycles. The number of nitrogens with one attached hydrogen (secondary N) is 4. The van der Waals surface area contributed by atoms with Crippen LogP contribution in [0.25, 0.3) is 0 Å². The van der Waals surface area contributed by atoms with Gasteiger partial charge in [0.1, 0.15) is 19.8 Å². The lowest BCUT2D eigenvalue weighted by atomic mass is 10.4. The molecule has 6 N–H and O–H groups in total. The largest absolute Gasteiger partial charge is 0.465 e. The Bertz CT molecular complexity index is 805. The minimum atomic E-state index is -0.632. The van der Waals surface area contributed by atoms with Gasteiger partial charge < -0.3 is 50.7 Å². The van der Waals surface area contributed by atoms with Crippen LogP contribution in [0.3, 0.4) is 0 Å². The van der Waals surface area contributed by atoms with E-state index < -0.39 is 11.8 Å². The predicted molar refractivity (Wildman–Crippen MR) is 152 cm³/mol. The molecule has 0 aliphatic carbocycles. The second-order valence-corrected chi connectivity index (χ2v) is 9.68. The molecule has 0 atom stereocenters. The van der Waals surface area contributed by atoms with Crippen molar-refractivity contribution in [3.63, 3.8) is 0 Å². The highest BCUT2D eigenvalue weighted by atomic mass is 32.2. The molecule has 16 nitrogen and oxygen atoms in total. The average molecular weight is 624 g/mol. The van der Waals surface area contributed by atoms with Gasteiger partial charge in [-0.2, -0.15) is 11.8 Å². The number of primary amides is 1. The summed E-state index contributed by atoms with van der Waals surface area (Å²) in [5.74, 6) is -1.28. The van der Waals surface area contributed by atoms with E-state index >= 15 is 0 Å². The van der Waals surface area contributed by atoms with Crippen molar-refractivity contribution in [1.82, 2.24) is 21.3 Å². The highest BCUT2D eigenvalue weighted by molar-refractivity contribution is 7.99. The summed E-state index contributed by atoms with van der Waals surface area (Å²) in [4.78, 5) is 67.8. The summed E-state index contributed by atoms with van der Waals surface area (Å²) in [5, 5.41) is 10.2. The highest BCUT2D eigenvalue weighted by Crippen LogP contribution is 2.02. The van der Waals surface area contributed by atoms with E-state index in [-0.39, 0.29) is 56.4 Å². The molecule has 0 saturated carbocycles. The molecule has 5 amide bonds. The molecule has 0 aromatic heterocycles. The van der Waals surface area contributed by atoms with E-state index in [4.69, 9.17) is 29.4 Å². The number of carbonyl (C=O) groups excluding carboxylic acids is 6. The van der Waals surface area contributed by atoms with Crippen LogP contribution in [0.15, 0.2) is 0 Å².